The molecule has 0 N–H and O–H groups in total. The molecule has 0 unspecified atom stereocenters. The predicted molar refractivity (Wildman–Crippen MR) is 127 cm³/mol. The van der Waals surface area contributed by atoms with Crippen molar-refractivity contribution in [1.29, 1.82) is 0 Å². The molecule has 5 nitrogen and oxygen atoms in total. The van der Waals surface area contributed by atoms with Gasteiger partial charge in [-0.25, -0.2) is 0 Å². The van der Waals surface area contributed by atoms with Crippen molar-refractivity contribution in [3.05, 3.63) is 65.2 Å². The lowest BCUT2D eigenvalue weighted by molar-refractivity contribution is -0.140. The van der Waals surface area contributed by atoms with Gasteiger partial charge < -0.3 is 14.5 Å². The molecule has 2 heterocycles. The Labute approximate surface area is 191 Å². The van der Waals surface area contributed by atoms with Crippen molar-refractivity contribution in [3.8, 4) is 5.75 Å². The molecule has 0 radical (unpaired) electrons. The van der Waals surface area contributed by atoms with Crippen LogP contribution in [0.2, 0.25) is 0 Å². The maximum absolute atomic E-state index is 13.5. The molecule has 5 rings (SSSR count). The molecule has 2 aliphatic heterocycles. The summed E-state index contributed by atoms with van der Waals surface area (Å²) in [7, 11) is 3.97. The maximum atomic E-state index is 13.5. The van der Waals surface area contributed by atoms with Gasteiger partial charge in [-0.15, -0.1) is 0 Å². The molecule has 0 bridgehead atoms. The van der Waals surface area contributed by atoms with Gasteiger partial charge in [0.15, 0.2) is 0 Å². The summed E-state index contributed by atoms with van der Waals surface area (Å²) in [6.45, 7) is 5.45. The van der Waals surface area contributed by atoms with Gasteiger partial charge in [0.05, 0.1) is 13.0 Å². The van der Waals surface area contributed by atoms with E-state index in [1.807, 2.05) is 0 Å². The zero-order valence-corrected chi connectivity index (χ0v) is 19.4. The van der Waals surface area contributed by atoms with Crippen LogP contribution in [-0.2, 0) is 24.2 Å². The van der Waals surface area contributed by atoms with Crippen molar-refractivity contribution in [3.63, 3.8) is 0 Å². The highest BCUT2D eigenvalue weighted by atomic mass is 16.5. The number of methoxy groups -OCH3 is 1. The lowest BCUT2D eigenvalue weighted by atomic mass is 9.72. The molecule has 1 aliphatic carbocycles. The van der Waals surface area contributed by atoms with Gasteiger partial charge in [0, 0.05) is 45.3 Å². The first kappa shape index (κ1) is 21.5. The SMILES string of the molecule is COc1cccc2c1C[C@H]1C[C@@H](C(=O)N3CCN(Cc4ccccc4)CC3)CN(C)[C@@H]1C2. The standard InChI is InChI=1S/C27H35N3O2/c1-28-19-23(15-22-16-24-21(17-25(22)28)9-6-10-26(24)32-2)27(31)30-13-11-29(12-14-30)18-20-7-4-3-5-8-20/h3-10,22-23,25H,11-19H2,1-2H3/t22-,23-,25-/m1/s1. The number of carbonyl (C=O) groups excluding carboxylic acids is 1. The molecule has 2 fully saturated rings. The number of nitrogens with zero attached hydrogens (tertiary/aromatic N) is 3. The van der Waals surface area contributed by atoms with Crippen LogP contribution in [0.1, 0.15) is 23.1 Å². The van der Waals surface area contributed by atoms with Crippen LogP contribution in [0.15, 0.2) is 48.5 Å². The number of hydrogen-bond acceptors (Lipinski definition) is 4. The first-order chi connectivity index (χ1) is 15.6. The molecule has 1 amide bonds. The Morgan fingerprint density at radius 3 is 2.53 bits per heavy atom. The quantitative estimate of drug-likeness (QED) is 0.743. The third-order valence-electron chi connectivity index (χ3n) is 7.83. The largest absolute Gasteiger partial charge is 0.496 e. The van der Waals surface area contributed by atoms with Crippen LogP contribution in [0, 0.1) is 11.8 Å². The van der Waals surface area contributed by atoms with Crippen molar-refractivity contribution in [2.45, 2.75) is 31.8 Å². The Hall–Kier alpha value is -2.37. The van der Waals surface area contributed by atoms with Crippen molar-refractivity contribution in [2.75, 3.05) is 46.9 Å². The second kappa shape index (κ2) is 9.24. The summed E-state index contributed by atoms with van der Waals surface area (Å²) in [4.78, 5) is 20.5. The fourth-order valence-electron chi connectivity index (χ4n) is 6.10. The van der Waals surface area contributed by atoms with Gasteiger partial charge in [-0.05, 0) is 55.0 Å². The van der Waals surface area contributed by atoms with Gasteiger partial charge in [-0.1, -0.05) is 42.5 Å². The summed E-state index contributed by atoms with van der Waals surface area (Å²) in [6, 6.07) is 17.6. The molecule has 0 saturated carbocycles. The molecule has 2 aromatic rings. The van der Waals surface area contributed by atoms with Crippen LogP contribution >= 0.6 is 0 Å². The Kier molecular flexibility index (Phi) is 6.20. The Bertz CT molecular complexity index is 939. The molecule has 3 aliphatic rings. The van der Waals surface area contributed by atoms with Crippen molar-refractivity contribution in [2.24, 2.45) is 11.8 Å². The number of likely N-dealkylation sites (tertiary alicyclic amines) is 1. The molecule has 5 heteroatoms. The molecular weight excluding hydrogens is 398 g/mol. The zero-order valence-electron chi connectivity index (χ0n) is 19.4. The number of likely N-dealkylation sites (N-methyl/N-ethyl adjacent to an activating group) is 1. The van der Waals surface area contributed by atoms with Crippen molar-refractivity contribution >= 4 is 5.91 Å². The number of piperidine rings is 1. The van der Waals surface area contributed by atoms with E-state index in [1.54, 1.807) is 7.11 Å². The van der Waals surface area contributed by atoms with E-state index in [2.05, 4.69) is 70.3 Å². The van der Waals surface area contributed by atoms with Gasteiger partial charge in [0.2, 0.25) is 5.91 Å². The third-order valence-corrected chi connectivity index (χ3v) is 7.83. The highest BCUT2D eigenvalue weighted by Gasteiger charge is 2.41. The molecule has 3 atom stereocenters. The number of hydrogen-bond donors (Lipinski definition) is 0. The van der Waals surface area contributed by atoms with E-state index in [1.165, 1.54) is 16.7 Å². The first-order valence-corrected chi connectivity index (χ1v) is 12.0. The van der Waals surface area contributed by atoms with Crippen molar-refractivity contribution < 1.29 is 9.53 Å². The molecule has 32 heavy (non-hydrogen) atoms. The summed E-state index contributed by atoms with van der Waals surface area (Å²) in [6.07, 6.45) is 3.07. The number of piperazine rings is 1. The summed E-state index contributed by atoms with van der Waals surface area (Å²) in [5.41, 5.74) is 4.12. The predicted octanol–water partition coefficient (Wildman–Crippen LogP) is 3.07. The second-order valence-electron chi connectivity index (χ2n) is 9.79. The van der Waals surface area contributed by atoms with Gasteiger partial charge in [-0.2, -0.15) is 0 Å². The maximum Gasteiger partial charge on any atom is 0.227 e. The summed E-state index contributed by atoms with van der Waals surface area (Å²) >= 11 is 0. The number of carbonyl (C=O) groups is 1. The minimum absolute atomic E-state index is 0.109. The average Bonchev–Trinajstić information content (AvgIpc) is 2.83. The van der Waals surface area contributed by atoms with E-state index in [4.69, 9.17) is 4.74 Å². The second-order valence-corrected chi connectivity index (χ2v) is 9.79. The monoisotopic (exact) mass is 433 g/mol. The fraction of sp³-hybridized carbons (Fsp3) is 0.519. The van der Waals surface area contributed by atoms with Crippen LogP contribution in [0.5, 0.6) is 5.75 Å². The van der Waals surface area contributed by atoms with E-state index in [0.717, 1.165) is 64.3 Å². The molecule has 2 saturated heterocycles. The highest BCUT2D eigenvalue weighted by molar-refractivity contribution is 5.79. The number of amides is 1. The smallest absolute Gasteiger partial charge is 0.227 e. The van der Waals surface area contributed by atoms with E-state index in [-0.39, 0.29) is 5.92 Å². The molecule has 2 aromatic carbocycles. The molecule has 0 spiro atoms. The third kappa shape index (κ3) is 4.28. The number of benzene rings is 2. The van der Waals surface area contributed by atoms with Crippen LogP contribution in [0.4, 0.5) is 0 Å². The van der Waals surface area contributed by atoms with Gasteiger partial charge in [0.25, 0.3) is 0 Å². The van der Waals surface area contributed by atoms with Gasteiger partial charge >= 0.3 is 0 Å². The first-order valence-electron chi connectivity index (χ1n) is 12.0. The van der Waals surface area contributed by atoms with E-state index < -0.39 is 0 Å². The fourth-order valence-corrected chi connectivity index (χ4v) is 6.10. The normalized spacial score (nSPS) is 26.3. The summed E-state index contributed by atoms with van der Waals surface area (Å²) in [5.74, 6) is 2.00. The minimum atomic E-state index is 0.109. The average molecular weight is 434 g/mol. The minimum Gasteiger partial charge on any atom is -0.496 e. The summed E-state index contributed by atoms with van der Waals surface area (Å²) < 4.78 is 5.65. The number of fused-ring (bicyclic) bond motifs is 2. The topological polar surface area (TPSA) is 36.0 Å². The van der Waals surface area contributed by atoms with Crippen molar-refractivity contribution in [1.82, 2.24) is 14.7 Å². The zero-order chi connectivity index (χ0) is 22.1. The lowest BCUT2D eigenvalue weighted by Gasteiger charge is -2.47. The number of rotatable bonds is 4. The molecule has 170 valence electrons. The summed E-state index contributed by atoms with van der Waals surface area (Å²) in [5, 5.41) is 0. The van der Waals surface area contributed by atoms with Gasteiger partial charge in [-0.3, -0.25) is 9.69 Å². The number of ether oxygens (including phenoxy) is 1. The highest BCUT2D eigenvalue weighted by Crippen LogP contribution is 2.40. The van der Waals surface area contributed by atoms with Crippen LogP contribution in [0.25, 0.3) is 0 Å². The van der Waals surface area contributed by atoms with E-state index >= 15 is 0 Å². The van der Waals surface area contributed by atoms with Gasteiger partial charge in [0.1, 0.15) is 5.75 Å². The van der Waals surface area contributed by atoms with E-state index in [9.17, 15) is 4.79 Å². The Balaban J connectivity index is 1.21. The van der Waals surface area contributed by atoms with Crippen LogP contribution in [0.3, 0.4) is 0 Å². The van der Waals surface area contributed by atoms with Crippen LogP contribution < -0.4 is 4.74 Å². The van der Waals surface area contributed by atoms with Crippen LogP contribution in [-0.4, -0.2) is 73.5 Å². The molecule has 0 aromatic heterocycles. The Morgan fingerprint density at radius 2 is 1.78 bits per heavy atom. The molecular formula is C27H35N3O2. The van der Waals surface area contributed by atoms with E-state index in [0.29, 0.717) is 17.9 Å². The lowest BCUT2D eigenvalue weighted by Crippen LogP contribution is -2.56. The Morgan fingerprint density at radius 1 is 1.00 bits per heavy atom.